The Hall–Kier alpha value is -1.46. The molecule has 0 saturated carbocycles. The Balaban J connectivity index is 2.14. The van der Waals surface area contributed by atoms with E-state index >= 15 is 0 Å². The fourth-order valence-corrected chi connectivity index (χ4v) is 2.46. The molecule has 22 heavy (non-hydrogen) atoms. The third-order valence-corrected chi connectivity index (χ3v) is 4.12. The zero-order chi connectivity index (χ0) is 15.9. The fraction of sp³-hybridized carbons (Fsp3) is 0.176. The van der Waals surface area contributed by atoms with Crippen molar-refractivity contribution in [3.8, 4) is 0 Å². The lowest BCUT2D eigenvalue weighted by Gasteiger charge is -2.07. The molecule has 0 aliphatic carbocycles. The molecule has 2 rings (SSSR count). The van der Waals surface area contributed by atoms with Crippen LogP contribution in [0.15, 0.2) is 62.6 Å². The van der Waals surface area contributed by atoms with Crippen LogP contribution in [0.4, 0.5) is 0 Å². The number of carbonyl (C=O) groups excluding carboxylic acids is 1. The normalized spacial score (nSPS) is 11.3. The molecule has 0 saturated heterocycles. The number of amides is 1. The average molecular weight is 424 g/mol. The molecule has 0 aliphatic rings. The largest absolute Gasteiger partial charge is 0.271 e. The second-order valence-corrected chi connectivity index (χ2v) is 6.59. The minimum atomic E-state index is -0.210. The predicted molar refractivity (Wildman–Crippen MR) is 97.2 cm³/mol. The van der Waals surface area contributed by atoms with E-state index in [4.69, 9.17) is 0 Å². The van der Waals surface area contributed by atoms with Gasteiger partial charge < -0.3 is 0 Å². The fourth-order valence-electron chi connectivity index (χ4n) is 1.93. The highest BCUT2D eigenvalue weighted by molar-refractivity contribution is 9.10. The van der Waals surface area contributed by atoms with Crippen molar-refractivity contribution in [2.24, 2.45) is 5.10 Å². The number of hydrazone groups is 1. The monoisotopic (exact) mass is 422 g/mol. The minimum absolute atomic E-state index is 0.210. The Morgan fingerprint density at radius 3 is 1.95 bits per heavy atom. The third kappa shape index (κ3) is 4.78. The van der Waals surface area contributed by atoms with E-state index in [0.717, 1.165) is 33.1 Å². The van der Waals surface area contributed by atoms with Gasteiger partial charge in [-0.25, -0.2) is 5.43 Å². The van der Waals surface area contributed by atoms with Gasteiger partial charge in [0.05, 0.1) is 5.71 Å². The standard InChI is InChI=1S/C17H16Br2N2O/c1-2-3-16(12-4-8-14(18)9-5-12)20-21-17(22)13-6-10-15(19)11-7-13/h4-11H,2-3H2,1H3,(H,21,22)/b20-16+. The summed E-state index contributed by atoms with van der Waals surface area (Å²) in [6.07, 6.45) is 1.77. The van der Waals surface area contributed by atoms with Crippen LogP contribution >= 0.6 is 31.9 Å². The quantitative estimate of drug-likeness (QED) is 0.524. The van der Waals surface area contributed by atoms with Crippen LogP contribution in [0.25, 0.3) is 0 Å². The van der Waals surface area contributed by atoms with Crippen molar-refractivity contribution in [3.05, 3.63) is 68.6 Å². The number of nitrogens with zero attached hydrogens (tertiary/aromatic N) is 1. The maximum absolute atomic E-state index is 12.1. The molecule has 0 bridgehead atoms. The molecular weight excluding hydrogens is 408 g/mol. The van der Waals surface area contributed by atoms with Crippen molar-refractivity contribution in [2.45, 2.75) is 19.8 Å². The molecule has 0 atom stereocenters. The lowest BCUT2D eigenvalue weighted by molar-refractivity contribution is 0.0955. The zero-order valence-electron chi connectivity index (χ0n) is 12.1. The molecule has 3 nitrogen and oxygen atoms in total. The van der Waals surface area contributed by atoms with E-state index in [1.807, 2.05) is 36.4 Å². The van der Waals surface area contributed by atoms with E-state index in [1.54, 1.807) is 12.1 Å². The van der Waals surface area contributed by atoms with E-state index in [2.05, 4.69) is 49.3 Å². The highest BCUT2D eigenvalue weighted by atomic mass is 79.9. The topological polar surface area (TPSA) is 41.5 Å². The summed E-state index contributed by atoms with van der Waals surface area (Å²) < 4.78 is 1.96. The van der Waals surface area contributed by atoms with Crippen molar-refractivity contribution in [3.63, 3.8) is 0 Å². The van der Waals surface area contributed by atoms with Gasteiger partial charge in [-0.2, -0.15) is 5.10 Å². The van der Waals surface area contributed by atoms with E-state index in [1.165, 1.54) is 0 Å². The van der Waals surface area contributed by atoms with Gasteiger partial charge in [0.15, 0.2) is 0 Å². The van der Waals surface area contributed by atoms with Crippen molar-refractivity contribution in [1.82, 2.24) is 5.43 Å². The van der Waals surface area contributed by atoms with Crippen molar-refractivity contribution >= 4 is 43.5 Å². The Bertz CT molecular complexity index is 664. The highest BCUT2D eigenvalue weighted by Gasteiger charge is 2.07. The Labute approximate surface area is 147 Å². The second-order valence-electron chi connectivity index (χ2n) is 4.76. The summed E-state index contributed by atoms with van der Waals surface area (Å²) in [5, 5.41) is 4.30. The van der Waals surface area contributed by atoms with Crippen LogP contribution in [-0.4, -0.2) is 11.6 Å². The summed E-state index contributed by atoms with van der Waals surface area (Å²) in [6.45, 7) is 2.09. The van der Waals surface area contributed by atoms with Crippen LogP contribution in [0, 0.1) is 0 Å². The van der Waals surface area contributed by atoms with Gasteiger partial charge in [-0.1, -0.05) is 57.3 Å². The van der Waals surface area contributed by atoms with Crippen LogP contribution in [0.3, 0.4) is 0 Å². The number of benzene rings is 2. The molecule has 2 aromatic rings. The highest BCUT2D eigenvalue weighted by Crippen LogP contribution is 2.14. The van der Waals surface area contributed by atoms with E-state index in [0.29, 0.717) is 5.56 Å². The minimum Gasteiger partial charge on any atom is -0.267 e. The Morgan fingerprint density at radius 2 is 1.45 bits per heavy atom. The molecule has 1 amide bonds. The average Bonchev–Trinajstić information content (AvgIpc) is 2.53. The third-order valence-electron chi connectivity index (χ3n) is 3.06. The summed E-state index contributed by atoms with van der Waals surface area (Å²) in [5.74, 6) is -0.210. The van der Waals surface area contributed by atoms with Gasteiger partial charge in [0.25, 0.3) is 5.91 Å². The SMILES string of the molecule is CCC/C(=N\NC(=O)c1ccc(Br)cc1)c1ccc(Br)cc1. The van der Waals surface area contributed by atoms with E-state index in [-0.39, 0.29) is 5.91 Å². The Kier molecular flexibility index (Phi) is 6.34. The molecule has 0 spiro atoms. The van der Waals surface area contributed by atoms with Crippen LogP contribution in [0.2, 0.25) is 0 Å². The van der Waals surface area contributed by atoms with Gasteiger partial charge in [0, 0.05) is 14.5 Å². The first-order valence-corrected chi connectivity index (χ1v) is 8.57. The van der Waals surface area contributed by atoms with E-state index in [9.17, 15) is 4.79 Å². The number of halogens is 2. The predicted octanol–water partition coefficient (Wildman–Crippen LogP) is 5.15. The molecule has 1 N–H and O–H groups in total. The lowest BCUT2D eigenvalue weighted by Crippen LogP contribution is -2.20. The molecule has 0 radical (unpaired) electrons. The molecular formula is C17H16Br2N2O. The molecule has 0 aromatic heterocycles. The number of hydrogen-bond acceptors (Lipinski definition) is 2. The summed E-state index contributed by atoms with van der Waals surface area (Å²) in [6, 6.07) is 15.1. The van der Waals surface area contributed by atoms with Crippen LogP contribution < -0.4 is 5.43 Å². The van der Waals surface area contributed by atoms with Crippen molar-refractivity contribution < 1.29 is 4.79 Å². The van der Waals surface area contributed by atoms with Crippen LogP contribution in [0.1, 0.15) is 35.7 Å². The molecule has 0 aliphatic heterocycles. The molecule has 0 fully saturated rings. The number of carbonyl (C=O) groups is 1. The Morgan fingerprint density at radius 1 is 0.955 bits per heavy atom. The maximum atomic E-state index is 12.1. The van der Waals surface area contributed by atoms with Gasteiger partial charge in [0.1, 0.15) is 0 Å². The molecule has 2 aromatic carbocycles. The van der Waals surface area contributed by atoms with Gasteiger partial charge in [-0.3, -0.25) is 4.79 Å². The summed E-state index contributed by atoms with van der Waals surface area (Å²) in [7, 11) is 0. The first-order chi connectivity index (χ1) is 10.6. The van der Waals surface area contributed by atoms with Crippen LogP contribution in [0.5, 0.6) is 0 Å². The number of nitrogens with one attached hydrogen (secondary N) is 1. The van der Waals surface area contributed by atoms with Crippen LogP contribution in [-0.2, 0) is 0 Å². The molecule has 5 heteroatoms. The zero-order valence-corrected chi connectivity index (χ0v) is 15.3. The van der Waals surface area contributed by atoms with Gasteiger partial charge in [-0.05, 0) is 48.4 Å². The smallest absolute Gasteiger partial charge is 0.267 e. The van der Waals surface area contributed by atoms with Gasteiger partial charge in [0.2, 0.25) is 0 Å². The maximum Gasteiger partial charge on any atom is 0.271 e. The van der Waals surface area contributed by atoms with Gasteiger partial charge in [-0.15, -0.1) is 0 Å². The lowest BCUT2D eigenvalue weighted by atomic mass is 10.1. The summed E-state index contributed by atoms with van der Waals surface area (Å²) >= 11 is 6.77. The molecule has 0 heterocycles. The number of rotatable bonds is 5. The number of hydrogen-bond donors (Lipinski definition) is 1. The first kappa shape index (κ1) is 16.9. The second kappa shape index (κ2) is 8.25. The summed E-state index contributed by atoms with van der Waals surface area (Å²) in [4.78, 5) is 12.1. The molecule has 114 valence electrons. The van der Waals surface area contributed by atoms with Crippen molar-refractivity contribution in [2.75, 3.05) is 0 Å². The first-order valence-electron chi connectivity index (χ1n) is 6.98. The van der Waals surface area contributed by atoms with Crippen molar-refractivity contribution in [1.29, 1.82) is 0 Å². The summed E-state index contributed by atoms with van der Waals surface area (Å²) in [5.41, 5.74) is 5.11. The van der Waals surface area contributed by atoms with E-state index < -0.39 is 0 Å². The molecule has 0 unspecified atom stereocenters. The van der Waals surface area contributed by atoms with Gasteiger partial charge >= 0.3 is 0 Å².